The molecule has 0 aromatic rings. The molecule has 5 atom stereocenters. The molecule has 2 N–H and O–H groups in total. The van der Waals surface area contributed by atoms with Crippen LogP contribution in [0.25, 0.3) is 0 Å². The fourth-order valence-corrected chi connectivity index (χ4v) is 5.14. The van der Waals surface area contributed by atoms with Gasteiger partial charge in [-0.15, -0.1) is 0 Å². The monoisotopic (exact) mass is 304 g/mol. The van der Waals surface area contributed by atoms with Gasteiger partial charge in [0, 0.05) is 0 Å². The van der Waals surface area contributed by atoms with Gasteiger partial charge in [-0.25, -0.2) is 0 Å². The summed E-state index contributed by atoms with van der Waals surface area (Å²) in [6, 6.07) is 0. The molecule has 0 unspecified atom stereocenters. The fraction of sp³-hybridized carbons (Fsp3) is 0.700. The average molecular weight is 304 g/mol. The van der Waals surface area contributed by atoms with Gasteiger partial charge >= 0.3 is 0 Å². The highest BCUT2D eigenvalue weighted by atomic mass is 16.3. The van der Waals surface area contributed by atoms with Gasteiger partial charge in [0.25, 0.3) is 0 Å². The number of rotatable bonds is 3. The Bertz CT molecular complexity index is 488. The standard InChI is InChI=1S/C20H32O2/c1-7-13(2)8-10-15-14(3)9-11-17-19(4,5)18(22)16(21)12-20(15,17)6/h7-8,15-18,21-22H,1,3,9-12H2,2,4-6H3/b13-8+/t15-,16+,17-,18+,20+/m1/s1. The number of fused-ring (bicyclic) bond motifs is 1. The Morgan fingerprint density at radius 3 is 2.55 bits per heavy atom. The molecule has 124 valence electrons. The van der Waals surface area contributed by atoms with Crippen LogP contribution in [0.15, 0.2) is 36.5 Å². The van der Waals surface area contributed by atoms with Crippen molar-refractivity contribution >= 4 is 0 Å². The van der Waals surface area contributed by atoms with Crippen molar-refractivity contribution in [2.75, 3.05) is 0 Å². The SMILES string of the molecule is C=C/C(C)=C/C[C@@H]1C(=C)CC[C@@H]2C(C)(C)[C@@H](O)[C@@H](O)C[C@@]12C. The van der Waals surface area contributed by atoms with Crippen molar-refractivity contribution in [1.29, 1.82) is 0 Å². The summed E-state index contributed by atoms with van der Waals surface area (Å²) in [5, 5.41) is 20.9. The maximum absolute atomic E-state index is 10.5. The van der Waals surface area contributed by atoms with Crippen LogP contribution in [-0.4, -0.2) is 22.4 Å². The van der Waals surface area contributed by atoms with E-state index in [1.54, 1.807) is 0 Å². The molecule has 2 saturated carbocycles. The molecule has 2 aliphatic carbocycles. The largest absolute Gasteiger partial charge is 0.390 e. The van der Waals surface area contributed by atoms with E-state index in [1.807, 2.05) is 6.08 Å². The first-order valence-electron chi connectivity index (χ1n) is 8.47. The lowest BCUT2D eigenvalue weighted by Gasteiger charge is -2.60. The van der Waals surface area contributed by atoms with Gasteiger partial charge in [0.2, 0.25) is 0 Å². The fourth-order valence-electron chi connectivity index (χ4n) is 5.14. The third-order valence-corrected chi connectivity index (χ3v) is 6.51. The summed E-state index contributed by atoms with van der Waals surface area (Å²) in [5.74, 6) is 0.772. The Hall–Kier alpha value is -0.860. The van der Waals surface area contributed by atoms with E-state index in [0.717, 1.165) is 19.3 Å². The molecule has 0 aliphatic heterocycles. The molecule has 0 radical (unpaired) electrons. The van der Waals surface area contributed by atoms with Crippen molar-refractivity contribution in [2.45, 2.75) is 65.6 Å². The second-order valence-corrected chi connectivity index (χ2v) is 8.23. The zero-order valence-corrected chi connectivity index (χ0v) is 14.6. The molecule has 0 aromatic heterocycles. The Kier molecular flexibility index (Phi) is 4.75. The van der Waals surface area contributed by atoms with Gasteiger partial charge in [0.05, 0.1) is 12.2 Å². The number of hydrogen-bond acceptors (Lipinski definition) is 2. The van der Waals surface area contributed by atoms with Crippen LogP contribution >= 0.6 is 0 Å². The predicted octanol–water partition coefficient (Wildman–Crippen LogP) is 4.25. The van der Waals surface area contributed by atoms with E-state index in [0.29, 0.717) is 18.3 Å². The molecule has 0 spiro atoms. The summed E-state index contributed by atoms with van der Waals surface area (Å²) in [6.07, 6.45) is 6.54. The van der Waals surface area contributed by atoms with Crippen LogP contribution in [0.1, 0.15) is 53.4 Å². The van der Waals surface area contributed by atoms with Gasteiger partial charge in [-0.3, -0.25) is 0 Å². The summed E-state index contributed by atoms with van der Waals surface area (Å²) < 4.78 is 0. The molecule has 0 saturated heterocycles. The summed E-state index contributed by atoms with van der Waals surface area (Å²) >= 11 is 0. The van der Waals surface area contributed by atoms with Gasteiger partial charge in [0.15, 0.2) is 0 Å². The maximum Gasteiger partial charge on any atom is 0.0852 e. The van der Waals surface area contributed by atoms with E-state index in [-0.39, 0.29) is 10.8 Å². The highest BCUT2D eigenvalue weighted by molar-refractivity contribution is 5.21. The second-order valence-electron chi connectivity index (χ2n) is 8.23. The third kappa shape index (κ3) is 2.72. The van der Waals surface area contributed by atoms with Crippen LogP contribution in [0.2, 0.25) is 0 Å². The van der Waals surface area contributed by atoms with Crippen LogP contribution in [0.3, 0.4) is 0 Å². The van der Waals surface area contributed by atoms with Crippen LogP contribution in [0.4, 0.5) is 0 Å². The first-order chi connectivity index (χ1) is 10.1. The van der Waals surface area contributed by atoms with Gasteiger partial charge in [-0.1, -0.05) is 57.2 Å². The normalized spacial score (nSPS) is 41.9. The molecule has 2 aliphatic rings. The first-order valence-corrected chi connectivity index (χ1v) is 8.47. The lowest BCUT2D eigenvalue weighted by molar-refractivity contribution is -0.179. The second kappa shape index (κ2) is 5.98. The number of hydrogen-bond donors (Lipinski definition) is 2. The minimum Gasteiger partial charge on any atom is -0.390 e. The first kappa shape index (κ1) is 17.5. The lowest BCUT2D eigenvalue weighted by atomic mass is 9.46. The van der Waals surface area contributed by atoms with Crippen molar-refractivity contribution in [3.63, 3.8) is 0 Å². The molecule has 2 fully saturated rings. The highest BCUT2D eigenvalue weighted by Crippen LogP contribution is 2.61. The van der Waals surface area contributed by atoms with Crippen molar-refractivity contribution in [1.82, 2.24) is 0 Å². The Morgan fingerprint density at radius 2 is 1.95 bits per heavy atom. The summed E-state index contributed by atoms with van der Waals surface area (Å²) in [4.78, 5) is 0. The van der Waals surface area contributed by atoms with E-state index in [2.05, 4.69) is 46.9 Å². The van der Waals surface area contributed by atoms with Gasteiger partial charge in [-0.05, 0) is 55.3 Å². The Morgan fingerprint density at radius 1 is 1.32 bits per heavy atom. The summed E-state index contributed by atoms with van der Waals surface area (Å²) in [7, 11) is 0. The number of allylic oxidation sites excluding steroid dienone is 4. The Balaban J connectivity index is 2.37. The van der Waals surface area contributed by atoms with Gasteiger partial charge in [-0.2, -0.15) is 0 Å². The molecule has 2 rings (SSSR count). The van der Waals surface area contributed by atoms with Crippen LogP contribution in [0, 0.1) is 22.7 Å². The van der Waals surface area contributed by atoms with Crippen LogP contribution in [-0.2, 0) is 0 Å². The van der Waals surface area contributed by atoms with Gasteiger partial charge in [0.1, 0.15) is 0 Å². The van der Waals surface area contributed by atoms with Gasteiger partial charge < -0.3 is 10.2 Å². The highest BCUT2D eigenvalue weighted by Gasteiger charge is 2.58. The smallest absolute Gasteiger partial charge is 0.0852 e. The van der Waals surface area contributed by atoms with Crippen molar-refractivity contribution in [2.24, 2.45) is 22.7 Å². The van der Waals surface area contributed by atoms with Crippen LogP contribution in [0.5, 0.6) is 0 Å². The minimum atomic E-state index is -0.644. The van der Waals surface area contributed by atoms with Crippen LogP contribution < -0.4 is 0 Å². The molecular formula is C20H32O2. The van der Waals surface area contributed by atoms with Crippen molar-refractivity contribution in [3.8, 4) is 0 Å². The minimum absolute atomic E-state index is 0.00453. The maximum atomic E-state index is 10.5. The van der Waals surface area contributed by atoms with Crippen molar-refractivity contribution in [3.05, 3.63) is 36.5 Å². The predicted molar refractivity (Wildman–Crippen MR) is 92.4 cm³/mol. The Labute approximate surface area is 135 Å². The third-order valence-electron chi connectivity index (χ3n) is 6.51. The molecule has 22 heavy (non-hydrogen) atoms. The van der Waals surface area contributed by atoms with E-state index >= 15 is 0 Å². The summed E-state index contributed by atoms with van der Waals surface area (Å²) in [5.41, 5.74) is 2.22. The summed E-state index contributed by atoms with van der Waals surface area (Å²) in [6.45, 7) is 16.7. The molecule has 0 aromatic carbocycles. The van der Waals surface area contributed by atoms with Crippen molar-refractivity contribution < 1.29 is 10.2 Å². The zero-order valence-electron chi connectivity index (χ0n) is 14.6. The average Bonchev–Trinajstić information content (AvgIpc) is 2.43. The molecule has 0 amide bonds. The van der Waals surface area contributed by atoms with E-state index in [1.165, 1.54) is 11.1 Å². The zero-order chi connectivity index (χ0) is 16.7. The molecule has 2 nitrogen and oxygen atoms in total. The lowest BCUT2D eigenvalue weighted by Crippen LogP contribution is -2.60. The van der Waals surface area contributed by atoms with E-state index in [4.69, 9.17) is 0 Å². The number of aliphatic hydroxyl groups is 2. The van der Waals surface area contributed by atoms with E-state index in [9.17, 15) is 10.2 Å². The molecule has 0 bridgehead atoms. The molecule has 0 heterocycles. The topological polar surface area (TPSA) is 40.5 Å². The van der Waals surface area contributed by atoms with E-state index < -0.39 is 12.2 Å². The molecule has 2 heteroatoms. The quantitative estimate of drug-likeness (QED) is 0.604. The molecular weight excluding hydrogens is 272 g/mol. The number of aliphatic hydroxyl groups excluding tert-OH is 2.